The molecule has 0 fully saturated rings. The first kappa shape index (κ1) is 11.1. The molecule has 1 rings (SSSR count). The molecule has 0 saturated carbocycles. The van der Waals surface area contributed by atoms with Gasteiger partial charge in [-0.2, -0.15) is 0 Å². The molecule has 72 valence electrons. The van der Waals surface area contributed by atoms with Gasteiger partial charge in [-0.15, -0.1) is 11.3 Å². The van der Waals surface area contributed by atoms with Gasteiger partial charge in [-0.05, 0) is 11.4 Å². The van der Waals surface area contributed by atoms with Crippen LogP contribution in [0.2, 0.25) is 0 Å². The quantitative estimate of drug-likeness (QED) is 0.655. The summed E-state index contributed by atoms with van der Waals surface area (Å²) in [5, 5.41) is 1.89. The van der Waals surface area contributed by atoms with Gasteiger partial charge >= 0.3 is 0 Å². The fourth-order valence-corrected chi connectivity index (χ4v) is 2.37. The summed E-state index contributed by atoms with van der Waals surface area (Å²) < 4.78 is -1.49. The van der Waals surface area contributed by atoms with Crippen molar-refractivity contribution in [3.05, 3.63) is 22.4 Å². The number of carbonyl (C=O) groups excluding carboxylic acids is 1. The Kier molecular flexibility index (Phi) is 3.86. The number of thiophene rings is 1. The van der Waals surface area contributed by atoms with Gasteiger partial charge in [0.05, 0.1) is 0 Å². The number of hydrogen-bond acceptors (Lipinski definition) is 2. The third kappa shape index (κ3) is 3.02. The van der Waals surface area contributed by atoms with Crippen LogP contribution >= 0.6 is 46.3 Å². The van der Waals surface area contributed by atoms with Gasteiger partial charge in [0.2, 0.25) is 4.33 Å². The van der Waals surface area contributed by atoms with Crippen LogP contribution < -0.4 is 4.84 Å². The van der Waals surface area contributed by atoms with Crippen LogP contribution in [0.1, 0.15) is 4.88 Å². The van der Waals surface area contributed by atoms with Crippen molar-refractivity contribution in [3.8, 4) is 0 Å². The van der Waals surface area contributed by atoms with Gasteiger partial charge in [0.1, 0.15) is 0 Å². The minimum Gasteiger partial charge on any atom is -0.270 e. The highest BCUT2D eigenvalue weighted by atomic mass is 35.5. The second-order valence-corrected chi connectivity index (χ2v) is 5.09. The van der Waals surface area contributed by atoms with E-state index in [9.17, 15) is 4.79 Å². The first-order valence-corrected chi connectivity index (χ1v) is 5.39. The Labute approximate surface area is 94.9 Å². The van der Waals surface area contributed by atoms with Crippen molar-refractivity contribution in [1.82, 2.24) is 4.84 Å². The van der Waals surface area contributed by atoms with Crippen LogP contribution in [-0.4, -0.2) is 10.2 Å². The molecule has 0 atom stereocenters. The molecule has 0 radical (unpaired) electrons. The van der Waals surface area contributed by atoms with E-state index in [-0.39, 0.29) is 6.42 Å². The highest BCUT2D eigenvalue weighted by molar-refractivity contribution is 7.10. The van der Waals surface area contributed by atoms with Crippen molar-refractivity contribution >= 4 is 52.2 Å². The van der Waals surface area contributed by atoms with Gasteiger partial charge < -0.3 is 0 Å². The van der Waals surface area contributed by atoms with Gasteiger partial charge in [0.15, 0.2) is 0 Å². The van der Waals surface area contributed by atoms with Gasteiger partial charge in [-0.3, -0.25) is 9.63 Å². The molecular weight excluding hydrogens is 253 g/mol. The van der Waals surface area contributed by atoms with E-state index >= 15 is 0 Å². The normalized spacial score (nSPS) is 11.3. The Hall–Kier alpha value is 0.0400. The number of carbonyl (C=O) groups is 1. The zero-order chi connectivity index (χ0) is 9.90. The van der Waals surface area contributed by atoms with E-state index < -0.39 is 10.2 Å². The van der Waals surface area contributed by atoms with Crippen molar-refractivity contribution in [2.24, 2.45) is 0 Å². The average molecular weight is 259 g/mol. The lowest BCUT2D eigenvalue weighted by Crippen LogP contribution is -2.35. The molecule has 1 aromatic heterocycles. The van der Waals surface area contributed by atoms with Crippen LogP contribution in [0.5, 0.6) is 0 Å². The van der Waals surface area contributed by atoms with Crippen molar-refractivity contribution in [3.63, 3.8) is 0 Å². The lowest BCUT2D eigenvalue weighted by Gasteiger charge is -2.14. The summed E-state index contributed by atoms with van der Waals surface area (Å²) >= 11 is 18.1. The zero-order valence-electron chi connectivity index (χ0n) is 6.39. The Morgan fingerprint density at radius 3 is 2.77 bits per heavy atom. The Balaban J connectivity index is 2.67. The SMILES string of the molecule is O=C(NCl)C(Cl)(Cl)Cc1cccs1. The van der Waals surface area contributed by atoms with Crippen LogP contribution in [0.15, 0.2) is 17.5 Å². The standard InChI is InChI=1S/C7H6Cl3NOS/c8-7(9,6(12)11-10)4-5-2-1-3-13-5/h1-3H,4H2,(H,11,12). The molecule has 1 amide bonds. The second-order valence-electron chi connectivity index (χ2n) is 2.38. The predicted molar refractivity (Wildman–Crippen MR) is 56.5 cm³/mol. The summed E-state index contributed by atoms with van der Waals surface area (Å²) in [5.41, 5.74) is 0. The van der Waals surface area contributed by atoms with E-state index in [1.54, 1.807) is 0 Å². The minimum absolute atomic E-state index is 0.256. The lowest BCUT2D eigenvalue weighted by atomic mass is 10.2. The van der Waals surface area contributed by atoms with Crippen LogP contribution in [0.3, 0.4) is 0 Å². The number of halogens is 3. The molecule has 0 aliphatic rings. The predicted octanol–water partition coefficient (Wildman–Crippen LogP) is 2.73. The Morgan fingerprint density at radius 2 is 2.31 bits per heavy atom. The van der Waals surface area contributed by atoms with Gasteiger partial charge in [-0.1, -0.05) is 29.3 Å². The number of rotatable bonds is 3. The van der Waals surface area contributed by atoms with Crippen molar-refractivity contribution < 1.29 is 4.79 Å². The van der Waals surface area contributed by atoms with E-state index in [1.807, 2.05) is 22.3 Å². The molecule has 13 heavy (non-hydrogen) atoms. The van der Waals surface area contributed by atoms with Crippen LogP contribution in [0.4, 0.5) is 0 Å². The molecule has 1 N–H and O–H groups in total. The molecule has 1 heterocycles. The van der Waals surface area contributed by atoms with Crippen molar-refractivity contribution in [2.45, 2.75) is 10.8 Å². The maximum Gasteiger partial charge on any atom is 0.271 e. The maximum absolute atomic E-state index is 11.1. The average Bonchev–Trinajstić information content (AvgIpc) is 2.54. The van der Waals surface area contributed by atoms with Crippen molar-refractivity contribution in [1.29, 1.82) is 0 Å². The smallest absolute Gasteiger partial charge is 0.270 e. The molecular formula is C7H6Cl3NOS. The van der Waals surface area contributed by atoms with E-state index in [0.717, 1.165) is 4.88 Å². The monoisotopic (exact) mass is 257 g/mol. The first-order valence-electron chi connectivity index (χ1n) is 3.37. The fraction of sp³-hybridized carbons (Fsp3) is 0.286. The summed E-state index contributed by atoms with van der Waals surface area (Å²) in [4.78, 5) is 13.9. The molecule has 0 saturated heterocycles. The zero-order valence-corrected chi connectivity index (χ0v) is 9.47. The van der Waals surface area contributed by atoms with Crippen LogP contribution in [-0.2, 0) is 11.2 Å². The first-order chi connectivity index (χ1) is 6.06. The third-order valence-electron chi connectivity index (χ3n) is 1.39. The lowest BCUT2D eigenvalue weighted by molar-refractivity contribution is -0.120. The van der Waals surface area contributed by atoms with Crippen molar-refractivity contribution in [2.75, 3.05) is 0 Å². The van der Waals surface area contributed by atoms with E-state index in [2.05, 4.69) is 0 Å². The number of amides is 1. The summed E-state index contributed by atoms with van der Waals surface area (Å²) in [7, 11) is 0. The van der Waals surface area contributed by atoms with Gasteiger partial charge in [0, 0.05) is 23.1 Å². The molecule has 0 unspecified atom stereocenters. The molecule has 0 aromatic carbocycles. The highest BCUT2D eigenvalue weighted by Crippen LogP contribution is 2.28. The Bertz CT molecular complexity index is 286. The molecule has 6 heteroatoms. The van der Waals surface area contributed by atoms with E-state index in [4.69, 9.17) is 35.0 Å². The molecule has 1 aromatic rings. The van der Waals surface area contributed by atoms with Gasteiger partial charge in [0.25, 0.3) is 5.91 Å². The van der Waals surface area contributed by atoms with Crippen LogP contribution in [0.25, 0.3) is 0 Å². The Morgan fingerprint density at radius 1 is 1.62 bits per heavy atom. The van der Waals surface area contributed by atoms with E-state index in [0.29, 0.717) is 0 Å². The van der Waals surface area contributed by atoms with Gasteiger partial charge in [-0.25, -0.2) is 0 Å². The fourth-order valence-electron chi connectivity index (χ4n) is 0.781. The molecule has 2 nitrogen and oxygen atoms in total. The number of alkyl halides is 2. The molecule has 0 aliphatic carbocycles. The number of nitrogens with one attached hydrogen (secondary N) is 1. The second kappa shape index (κ2) is 4.51. The van der Waals surface area contributed by atoms with Crippen LogP contribution in [0, 0.1) is 0 Å². The maximum atomic E-state index is 11.1. The minimum atomic E-state index is -1.49. The third-order valence-corrected chi connectivity index (χ3v) is 3.05. The topological polar surface area (TPSA) is 29.1 Å². The number of hydrogen-bond donors (Lipinski definition) is 1. The largest absolute Gasteiger partial charge is 0.271 e. The molecule has 0 spiro atoms. The summed E-state index contributed by atoms with van der Waals surface area (Å²) in [5.74, 6) is -0.606. The summed E-state index contributed by atoms with van der Waals surface area (Å²) in [6.45, 7) is 0. The molecule has 0 aliphatic heterocycles. The molecule has 0 bridgehead atoms. The van der Waals surface area contributed by atoms with E-state index in [1.165, 1.54) is 11.3 Å². The summed E-state index contributed by atoms with van der Waals surface area (Å²) in [6, 6.07) is 3.72. The summed E-state index contributed by atoms with van der Waals surface area (Å²) in [6.07, 6.45) is 0.256. The highest BCUT2D eigenvalue weighted by Gasteiger charge is 2.33.